The van der Waals surface area contributed by atoms with Gasteiger partial charge in [-0.15, -0.1) is 10.2 Å². The molecule has 1 aliphatic carbocycles. The number of nitrogens with one attached hydrogen (secondary N) is 1. The van der Waals surface area contributed by atoms with Gasteiger partial charge in [0.25, 0.3) is 0 Å². The van der Waals surface area contributed by atoms with Crippen molar-refractivity contribution >= 4 is 23.4 Å². The van der Waals surface area contributed by atoms with Gasteiger partial charge in [-0.2, -0.15) is 0 Å². The monoisotopic (exact) mass is 409 g/mol. The van der Waals surface area contributed by atoms with Crippen LogP contribution in [-0.4, -0.2) is 31.2 Å². The molecule has 0 spiro atoms. The predicted molar refractivity (Wildman–Crippen MR) is 116 cm³/mol. The lowest BCUT2D eigenvalue weighted by Gasteiger charge is -2.22. The van der Waals surface area contributed by atoms with Crippen molar-refractivity contribution in [3.63, 3.8) is 0 Å². The van der Waals surface area contributed by atoms with Gasteiger partial charge in [0.05, 0.1) is 5.75 Å². The smallest absolute Gasteiger partial charge is 0.234 e. The van der Waals surface area contributed by atoms with Crippen LogP contribution >= 0.6 is 11.8 Å². The summed E-state index contributed by atoms with van der Waals surface area (Å²) in [6, 6.07) is 9.95. The Balaban J connectivity index is 1.48. The molecule has 0 unspecified atom stereocenters. The maximum atomic E-state index is 12.5. The van der Waals surface area contributed by atoms with Crippen LogP contribution in [0.25, 0.3) is 0 Å². The fraction of sp³-hybridized carbons (Fsp3) is 0.409. The van der Waals surface area contributed by atoms with Gasteiger partial charge in [-0.05, 0) is 62.1 Å². The van der Waals surface area contributed by atoms with E-state index in [1.807, 2.05) is 54.3 Å². The number of nitrogens with zero attached hydrogens (tertiary/aromatic N) is 4. The van der Waals surface area contributed by atoms with Crippen LogP contribution in [0, 0.1) is 13.8 Å². The van der Waals surface area contributed by atoms with Crippen molar-refractivity contribution in [3.8, 4) is 0 Å². The number of amides is 1. The first-order valence-corrected chi connectivity index (χ1v) is 11.2. The summed E-state index contributed by atoms with van der Waals surface area (Å²) in [6.45, 7) is 4.11. The fourth-order valence-corrected chi connectivity index (χ4v) is 4.55. The average Bonchev–Trinajstić information content (AvgIpc) is 3.39. The highest BCUT2D eigenvalue weighted by Crippen LogP contribution is 2.33. The van der Waals surface area contributed by atoms with Crippen LogP contribution in [0.4, 0.5) is 5.69 Å². The molecule has 7 heteroatoms. The van der Waals surface area contributed by atoms with Gasteiger partial charge in [-0.25, -0.2) is 4.68 Å². The maximum absolute atomic E-state index is 12.5. The first-order chi connectivity index (χ1) is 14.1. The lowest BCUT2D eigenvalue weighted by Crippen LogP contribution is -2.18. The number of hydrogen-bond donors (Lipinski definition) is 1. The molecule has 1 amide bonds. The van der Waals surface area contributed by atoms with E-state index in [9.17, 15) is 4.79 Å². The topological polar surface area (TPSA) is 64.7 Å². The molecule has 1 saturated carbocycles. The van der Waals surface area contributed by atoms with Crippen LogP contribution < -0.4 is 5.32 Å². The van der Waals surface area contributed by atoms with Gasteiger partial charge in [-0.3, -0.25) is 9.47 Å². The SMILES string of the molecule is Cc1ccc(NC(=O)CSc2nnc(C3CCCCC3)n2-n2cccc2)cc1C. The van der Waals surface area contributed by atoms with E-state index in [2.05, 4.69) is 27.1 Å². The number of carbonyl (C=O) groups excluding carboxylic acids is 1. The molecule has 3 aromatic rings. The summed E-state index contributed by atoms with van der Waals surface area (Å²) in [4.78, 5) is 12.5. The largest absolute Gasteiger partial charge is 0.325 e. The van der Waals surface area contributed by atoms with Gasteiger partial charge in [-0.1, -0.05) is 37.1 Å². The van der Waals surface area contributed by atoms with E-state index >= 15 is 0 Å². The third kappa shape index (κ3) is 4.56. The molecule has 0 aliphatic heterocycles. The Hall–Kier alpha value is -2.54. The molecule has 1 aromatic carbocycles. The van der Waals surface area contributed by atoms with E-state index in [4.69, 9.17) is 0 Å². The van der Waals surface area contributed by atoms with Crippen LogP contribution in [0.1, 0.15) is 55.0 Å². The number of anilines is 1. The summed E-state index contributed by atoms with van der Waals surface area (Å²) in [5.41, 5.74) is 3.21. The van der Waals surface area contributed by atoms with Gasteiger partial charge in [0.1, 0.15) is 0 Å². The van der Waals surface area contributed by atoms with Crippen molar-refractivity contribution in [2.75, 3.05) is 11.1 Å². The van der Waals surface area contributed by atoms with E-state index < -0.39 is 0 Å². The van der Waals surface area contributed by atoms with Gasteiger partial charge >= 0.3 is 0 Å². The Kier molecular flexibility index (Phi) is 6.04. The zero-order valence-electron chi connectivity index (χ0n) is 17.0. The highest BCUT2D eigenvalue weighted by atomic mass is 32.2. The Bertz CT molecular complexity index is 973. The molecule has 1 N–H and O–H groups in total. The van der Waals surface area contributed by atoms with Crippen molar-refractivity contribution in [3.05, 3.63) is 59.7 Å². The van der Waals surface area contributed by atoms with Crippen LogP contribution in [0.2, 0.25) is 0 Å². The zero-order valence-corrected chi connectivity index (χ0v) is 17.8. The van der Waals surface area contributed by atoms with Crippen molar-refractivity contribution < 1.29 is 4.79 Å². The highest BCUT2D eigenvalue weighted by molar-refractivity contribution is 7.99. The van der Waals surface area contributed by atoms with Crippen LogP contribution in [0.3, 0.4) is 0 Å². The molecule has 1 aliphatic rings. The van der Waals surface area contributed by atoms with Gasteiger partial charge in [0.2, 0.25) is 11.1 Å². The van der Waals surface area contributed by atoms with Crippen molar-refractivity contribution in [1.29, 1.82) is 0 Å². The minimum absolute atomic E-state index is 0.0421. The second-order valence-electron chi connectivity index (χ2n) is 7.69. The Morgan fingerprint density at radius 2 is 1.86 bits per heavy atom. The van der Waals surface area contributed by atoms with E-state index in [0.29, 0.717) is 5.92 Å². The number of carbonyl (C=O) groups is 1. The zero-order chi connectivity index (χ0) is 20.2. The van der Waals surface area contributed by atoms with E-state index in [0.717, 1.165) is 29.5 Å². The molecule has 0 atom stereocenters. The quantitative estimate of drug-likeness (QED) is 0.595. The first kappa shape index (κ1) is 19.8. The summed E-state index contributed by atoms with van der Waals surface area (Å²) in [7, 11) is 0. The third-order valence-corrected chi connectivity index (χ3v) is 6.47. The second-order valence-corrected chi connectivity index (χ2v) is 8.63. The van der Waals surface area contributed by atoms with Crippen LogP contribution in [0.15, 0.2) is 47.9 Å². The lowest BCUT2D eigenvalue weighted by molar-refractivity contribution is -0.113. The normalized spacial score (nSPS) is 14.8. The van der Waals surface area contributed by atoms with Gasteiger partial charge < -0.3 is 5.32 Å². The summed E-state index contributed by atoms with van der Waals surface area (Å²) in [5, 5.41) is 12.7. The molecule has 152 valence electrons. The minimum Gasteiger partial charge on any atom is -0.325 e. The highest BCUT2D eigenvalue weighted by Gasteiger charge is 2.24. The number of aromatic nitrogens is 4. The standard InChI is InChI=1S/C22H27N5OS/c1-16-10-11-19(14-17(16)2)23-20(28)15-29-22-25-24-21(18-8-4-3-5-9-18)27(22)26-12-6-7-13-26/h6-7,10-14,18H,3-5,8-9,15H2,1-2H3,(H,23,28). The van der Waals surface area contributed by atoms with Crippen molar-refractivity contribution in [1.82, 2.24) is 19.5 Å². The molecule has 1 fully saturated rings. The summed E-state index contributed by atoms with van der Waals surface area (Å²) < 4.78 is 4.07. The Labute approximate surface area is 175 Å². The van der Waals surface area contributed by atoms with Crippen molar-refractivity contribution in [2.24, 2.45) is 0 Å². The summed E-state index contributed by atoms with van der Waals surface area (Å²) >= 11 is 1.42. The number of benzene rings is 1. The van der Waals surface area contributed by atoms with E-state index in [1.165, 1.54) is 42.2 Å². The predicted octanol–water partition coefficient (Wildman–Crippen LogP) is 4.79. The van der Waals surface area contributed by atoms with Gasteiger partial charge in [0.15, 0.2) is 5.82 Å². The summed E-state index contributed by atoms with van der Waals surface area (Å²) in [5.74, 6) is 1.67. The molecule has 0 bridgehead atoms. The average molecular weight is 410 g/mol. The Morgan fingerprint density at radius 1 is 1.10 bits per heavy atom. The van der Waals surface area contributed by atoms with E-state index in [1.54, 1.807) is 0 Å². The number of rotatable bonds is 6. The van der Waals surface area contributed by atoms with Crippen LogP contribution in [0.5, 0.6) is 0 Å². The Morgan fingerprint density at radius 3 is 2.59 bits per heavy atom. The molecular formula is C22H27N5OS. The molecule has 2 aromatic heterocycles. The van der Waals surface area contributed by atoms with Crippen LogP contribution in [-0.2, 0) is 4.79 Å². The number of hydrogen-bond acceptors (Lipinski definition) is 4. The molecule has 29 heavy (non-hydrogen) atoms. The first-order valence-electron chi connectivity index (χ1n) is 10.2. The maximum Gasteiger partial charge on any atom is 0.234 e. The number of thioether (sulfide) groups is 1. The third-order valence-electron chi connectivity index (χ3n) is 5.55. The van der Waals surface area contributed by atoms with Crippen molar-refractivity contribution in [2.45, 2.75) is 57.0 Å². The molecule has 4 rings (SSSR count). The van der Waals surface area contributed by atoms with E-state index in [-0.39, 0.29) is 11.7 Å². The molecular weight excluding hydrogens is 382 g/mol. The number of aryl methyl sites for hydroxylation is 2. The van der Waals surface area contributed by atoms with Gasteiger partial charge in [0, 0.05) is 24.0 Å². The summed E-state index contributed by atoms with van der Waals surface area (Å²) in [6.07, 6.45) is 10.1. The fourth-order valence-electron chi connectivity index (χ4n) is 3.80. The molecule has 0 saturated heterocycles. The minimum atomic E-state index is -0.0421. The lowest BCUT2D eigenvalue weighted by atomic mass is 9.89. The molecule has 6 nitrogen and oxygen atoms in total. The molecule has 0 radical (unpaired) electrons. The molecule has 2 heterocycles. The second kappa shape index (κ2) is 8.86.